The third kappa shape index (κ3) is 5.87. The van der Waals surface area contributed by atoms with Crippen LogP contribution < -0.4 is 4.74 Å². The number of methoxy groups -OCH3 is 1. The SMILES string of the molecule is CO/C=C(\C=C/C=O)C1C(OC(C)=O)C[C@]2(O)C3CCC4CC(OC(=O)Oc5ccc([N+](=O)[O-])cc5)CCC4(C)C3CC[C@]12C. The van der Waals surface area contributed by atoms with Gasteiger partial charge in [0, 0.05) is 36.8 Å². The fourth-order valence-corrected chi connectivity index (χ4v) is 9.61. The summed E-state index contributed by atoms with van der Waals surface area (Å²) in [7, 11) is 1.54. The van der Waals surface area contributed by atoms with Crippen molar-refractivity contribution in [3.63, 3.8) is 0 Å². The van der Waals surface area contributed by atoms with E-state index in [2.05, 4.69) is 13.8 Å². The van der Waals surface area contributed by atoms with E-state index in [4.69, 9.17) is 18.9 Å². The van der Waals surface area contributed by atoms with E-state index in [0.717, 1.165) is 25.7 Å². The molecule has 0 spiro atoms. The minimum atomic E-state index is -1.10. The Kier molecular flexibility index (Phi) is 9.13. The van der Waals surface area contributed by atoms with Gasteiger partial charge in [-0.3, -0.25) is 19.7 Å². The molecule has 0 radical (unpaired) electrons. The smallest absolute Gasteiger partial charge is 0.504 e. The van der Waals surface area contributed by atoms with Crippen molar-refractivity contribution in [2.45, 2.75) is 89.9 Å². The first kappa shape index (κ1) is 32.7. The van der Waals surface area contributed by atoms with E-state index in [-0.39, 0.29) is 40.7 Å². The van der Waals surface area contributed by atoms with Crippen LogP contribution in [-0.4, -0.2) is 53.4 Å². The van der Waals surface area contributed by atoms with Crippen molar-refractivity contribution in [3.05, 3.63) is 58.4 Å². The maximum absolute atomic E-state index is 12.7. The molecule has 1 N–H and O–H groups in total. The van der Waals surface area contributed by atoms with Gasteiger partial charge >= 0.3 is 12.1 Å². The third-order valence-electron chi connectivity index (χ3n) is 11.6. The predicted molar refractivity (Wildman–Crippen MR) is 162 cm³/mol. The predicted octanol–water partition coefficient (Wildman–Crippen LogP) is 6.08. The number of aliphatic hydroxyl groups is 1. The Morgan fingerprint density at radius 1 is 1.04 bits per heavy atom. The molecule has 11 heteroatoms. The third-order valence-corrected chi connectivity index (χ3v) is 11.6. The molecule has 1 aromatic rings. The minimum Gasteiger partial charge on any atom is -0.504 e. The standard InChI is InChI=1S/C34H43NO10/c1-21(37)43-29-19-34(39)28-12-7-23-18-26(45-31(38)44-25-10-8-24(9-11-25)35(40)41)13-15-32(23,2)27(28)14-16-33(34,3)30(29)22(20-42-4)6-5-17-36/h5-6,8-11,17,20,23,26-30,39H,7,12-16,18-19H2,1-4H3/b6-5-,22-20+/t23?,26?,27?,28?,29?,30?,32?,33-,34+/m1/s1. The molecule has 4 saturated carbocycles. The Morgan fingerprint density at radius 3 is 2.42 bits per heavy atom. The summed E-state index contributed by atoms with van der Waals surface area (Å²) in [5.41, 5.74) is -1.16. The van der Waals surface area contributed by atoms with Crippen LogP contribution in [0.15, 0.2) is 48.3 Å². The molecule has 0 aliphatic heterocycles. The highest BCUT2D eigenvalue weighted by atomic mass is 16.7. The normalized spacial score (nSPS) is 37.5. The molecule has 244 valence electrons. The van der Waals surface area contributed by atoms with Crippen LogP contribution in [0.1, 0.15) is 72.1 Å². The molecule has 0 bridgehead atoms. The molecule has 0 saturated heterocycles. The van der Waals surface area contributed by atoms with Crippen molar-refractivity contribution in [2.75, 3.05) is 7.11 Å². The van der Waals surface area contributed by atoms with Crippen LogP contribution in [-0.2, 0) is 23.8 Å². The van der Waals surface area contributed by atoms with Crippen molar-refractivity contribution < 1.29 is 43.4 Å². The minimum absolute atomic E-state index is 0.0102. The molecule has 5 rings (SSSR count). The summed E-state index contributed by atoms with van der Waals surface area (Å²) in [6.07, 6.45) is 9.43. The first-order chi connectivity index (χ1) is 21.4. The van der Waals surface area contributed by atoms with Crippen molar-refractivity contribution in [1.82, 2.24) is 0 Å². The highest BCUT2D eigenvalue weighted by Gasteiger charge is 2.70. The molecular formula is C34H43NO10. The van der Waals surface area contributed by atoms with Gasteiger partial charge in [-0.15, -0.1) is 0 Å². The van der Waals surface area contributed by atoms with Crippen molar-refractivity contribution >= 4 is 24.1 Å². The summed E-state index contributed by atoms with van der Waals surface area (Å²) in [6, 6.07) is 5.28. The number of hydrogen-bond acceptors (Lipinski definition) is 10. The molecule has 4 aliphatic carbocycles. The largest absolute Gasteiger partial charge is 0.514 e. The summed E-state index contributed by atoms with van der Waals surface area (Å²) in [5.74, 6) is -0.0659. The second-order valence-corrected chi connectivity index (χ2v) is 13.7. The van der Waals surface area contributed by atoms with Crippen LogP contribution in [0.25, 0.3) is 0 Å². The zero-order valence-corrected chi connectivity index (χ0v) is 26.3. The molecular weight excluding hydrogens is 582 g/mol. The Labute approximate surface area is 263 Å². The van der Waals surface area contributed by atoms with Crippen LogP contribution in [0.2, 0.25) is 0 Å². The van der Waals surface area contributed by atoms with E-state index in [9.17, 15) is 29.6 Å². The van der Waals surface area contributed by atoms with Crippen molar-refractivity contribution in [2.24, 2.45) is 34.5 Å². The topological polar surface area (TPSA) is 152 Å². The number of esters is 1. The van der Waals surface area contributed by atoms with Gasteiger partial charge in [0.2, 0.25) is 0 Å². The molecule has 1 aromatic carbocycles. The van der Waals surface area contributed by atoms with E-state index < -0.39 is 34.2 Å². The maximum Gasteiger partial charge on any atom is 0.514 e. The van der Waals surface area contributed by atoms with Gasteiger partial charge in [0.1, 0.15) is 24.2 Å². The van der Waals surface area contributed by atoms with Gasteiger partial charge in [-0.05, 0) is 91.9 Å². The van der Waals surface area contributed by atoms with Gasteiger partial charge in [0.15, 0.2) is 0 Å². The molecule has 11 nitrogen and oxygen atoms in total. The van der Waals surface area contributed by atoms with Crippen LogP contribution >= 0.6 is 0 Å². The molecule has 0 aromatic heterocycles. The molecule has 0 heterocycles. The first-order valence-corrected chi connectivity index (χ1v) is 15.7. The summed E-state index contributed by atoms with van der Waals surface area (Å²) >= 11 is 0. The Hall–Kier alpha value is -3.73. The summed E-state index contributed by atoms with van der Waals surface area (Å²) in [4.78, 5) is 46.4. The van der Waals surface area contributed by atoms with Gasteiger partial charge in [0.25, 0.3) is 5.69 Å². The maximum atomic E-state index is 12.7. The monoisotopic (exact) mass is 625 g/mol. The number of carbonyl (C=O) groups excluding carboxylic acids is 3. The van der Waals surface area contributed by atoms with E-state index in [1.165, 1.54) is 44.4 Å². The summed E-state index contributed by atoms with van der Waals surface area (Å²) in [6.45, 7) is 5.78. The number of non-ortho nitro benzene ring substituents is 1. The van der Waals surface area contributed by atoms with E-state index >= 15 is 0 Å². The number of hydrogen-bond donors (Lipinski definition) is 1. The highest BCUT2D eigenvalue weighted by Crippen LogP contribution is 2.70. The number of ether oxygens (including phenoxy) is 4. The fraction of sp³-hybridized carbons (Fsp3) is 0.618. The van der Waals surface area contributed by atoms with Gasteiger partial charge in [0.05, 0.1) is 23.9 Å². The number of carbonyl (C=O) groups is 3. The van der Waals surface area contributed by atoms with Crippen LogP contribution in [0, 0.1) is 44.6 Å². The van der Waals surface area contributed by atoms with Crippen molar-refractivity contribution in [3.8, 4) is 5.75 Å². The Balaban J connectivity index is 1.32. The van der Waals surface area contributed by atoms with Crippen LogP contribution in [0.5, 0.6) is 5.75 Å². The van der Waals surface area contributed by atoms with Gasteiger partial charge in [-0.25, -0.2) is 4.79 Å². The quantitative estimate of drug-likeness (QED) is 0.0526. The lowest BCUT2D eigenvalue weighted by molar-refractivity contribution is -0.384. The highest BCUT2D eigenvalue weighted by molar-refractivity contribution is 5.67. The number of nitro groups is 1. The van der Waals surface area contributed by atoms with E-state index in [1.54, 1.807) is 12.3 Å². The molecule has 0 amide bonds. The number of nitrogens with zero attached hydrogens (tertiary/aromatic N) is 1. The number of allylic oxidation sites excluding steroid dienone is 2. The van der Waals surface area contributed by atoms with E-state index in [1.807, 2.05) is 0 Å². The molecule has 4 fully saturated rings. The molecule has 4 aliphatic rings. The zero-order valence-electron chi connectivity index (χ0n) is 26.3. The Bertz CT molecular complexity index is 1370. The number of nitro benzene ring substituents is 1. The second-order valence-electron chi connectivity index (χ2n) is 13.7. The molecule has 7 unspecified atom stereocenters. The van der Waals surface area contributed by atoms with Gasteiger partial charge in [-0.2, -0.15) is 0 Å². The van der Waals surface area contributed by atoms with Crippen molar-refractivity contribution in [1.29, 1.82) is 0 Å². The number of aldehydes is 1. The van der Waals surface area contributed by atoms with Crippen LogP contribution in [0.3, 0.4) is 0 Å². The average Bonchev–Trinajstić information content (AvgIpc) is 3.21. The zero-order chi connectivity index (χ0) is 32.6. The lowest BCUT2D eigenvalue weighted by Gasteiger charge is -2.63. The van der Waals surface area contributed by atoms with Crippen LogP contribution in [0.4, 0.5) is 10.5 Å². The number of fused-ring (bicyclic) bond motifs is 5. The van der Waals surface area contributed by atoms with Gasteiger partial charge in [-0.1, -0.05) is 19.9 Å². The molecule has 45 heavy (non-hydrogen) atoms. The number of rotatable bonds is 8. The first-order valence-electron chi connectivity index (χ1n) is 15.7. The average molecular weight is 626 g/mol. The Morgan fingerprint density at radius 2 is 1.78 bits per heavy atom. The second kappa shape index (κ2) is 12.6. The number of benzene rings is 1. The molecule has 9 atom stereocenters. The lowest BCUT2D eigenvalue weighted by Crippen LogP contribution is -2.62. The van der Waals surface area contributed by atoms with Gasteiger partial charge < -0.3 is 24.1 Å². The summed E-state index contributed by atoms with van der Waals surface area (Å²) in [5, 5.41) is 23.6. The lowest BCUT2D eigenvalue weighted by atomic mass is 9.43. The fourth-order valence-electron chi connectivity index (χ4n) is 9.61. The van der Waals surface area contributed by atoms with E-state index in [0.29, 0.717) is 43.5 Å². The summed E-state index contributed by atoms with van der Waals surface area (Å²) < 4.78 is 22.2.